The standard InChI is InChI=1S/C26H28N4O2/c1-17-7-6-8-19(13-17)18(2)25-15-27-28-30(25)20-11-12-24-22(14-26(31)32)21-9-4-3-5-10-23(21)29(24)16-20/h4-6,8-10,13,15,17-18,20H,7,11-12,14,16H2,1-2H3,(H,31,32). The van der Waals surface area contributed by atoms with Crippen molar-refractivity contribution in [3.05, 3.63) is 75.4 Å². The SMILES string of the molecule is CC1C=C(C(C)c2cnnn2C2CCc3c(CC(=O)O)c4c(n3C2)=CC=C=CC=4)C=CC1. The van der Waals surface area contributed by atoms with Crippen LogP contribution >= 0.6 is 0 Å². The van der Waals surface area contributed by atoms with Crippen LogP contribution in [0.5, 0.6) is 0 Å². The van der Waals surface area contributed by atoms with E-state index in [-0.39, 0.29) is 18.4 Å². The fourth-order valence-electron chi connectivity index (χ4n) is 5.27. The Bertz CT molecular complexity index is 1310. The van der Waals surface area contributed by atoms with E-state index < -0.39 is 5.97 Å². The van der Waals surface area contributed by atoms with Crippen LogP contribution in [-0.4, -0.2) is 30.6 Å². The Labute approximate surface area is 187 Å². The van der Waals surface area contributed by atoms with Crippen LogP contribution in [0.2, 0.25) is 0 Å². The van der Waals surface area contributed by atoms with Crippen LogP contribution in [0.1, 0.15) is 55.6 Å². The van der Waals surface area contributed by atoms with Gasteiger partial charge in [0, 0.05) is 28.7 Å². The quantitative estimate of drug-likeness (QED) is 0.744. The molecule has 2 aromatic rings. The van der Waals surface area contributed by atoms with Crippen molar-refractivity contribution >= 4 is 18.1 Å². The number of hydrogen-bond donors (Lipinski definition) is 1. The number of rotatable bonds is 5. The fraction of sp³-hybridized carbons (Fsp3) is 0.385. The molecule has 3 atom stereocenters. The maximum absolute atomic E-state index is 11.6. The summed E-state index contributed by atoms with van der Waals surface area (Å²) in [7, 11) is 0. The molecule has 3 heterocycles. The number of hydrogen-bond acceptors (Lipinski definition) is 3. The predicted molar refractivity (Wildman–Crippen MR) is 123 cm³/mol. The Morgan fingerprint density at radius 2 is 2.19 bits per heavy atom. The van der Waals surface area contributed by atoms with Gasteiger partial charge in [0.1, 0.15) is 0 Å². The molecule has 164 valence electrons. The molecule has 0 radical (unpaired) electrons. The molecule has 0 fully saturated rings. The first-order valence-electron chi connectivity index (χ1n) is 11.4. The van der Waals surface area contributed by atoms with Crippen LogP contribution in [0.15, 0.2) is 47.9 Å². The summed E-state index contributed by atoms with van der Waals surface area (Å²) < 4.78 is 4.38. The van der Waals surface area contributed by atoms with E-state index in [4.69, 9.17) is 0 Å². The first-order valence-corrected chi connectivity index (χ1v) is 11.4. The monoisotopic (exact) mass is 428 g/mol. The van der Waals surface area contributed by atoms with Crippen molar-refractivity contribution in [2.75, 3.05) is 0 Å². The number of carboxylic acid groups (broad SMARTS) is 1. The minimum Gasteiger partial charge on any atom is -0.481 e. The summed E-state index contributed by atoms with van der Waals surface area (Å²) in [5, 5.41) is 20.3. The van der Waals surface area contributed by atoms with Gasteiger partial charge in [0.25, 0.3) is 0 Å². The third-order valence-electron chi connectivity index (χ3n) is 6.87. The molecule has 32 heavy (non-hydrogen) atoms. The molecule has 0 saturated heterocycles. The molecule has 0 aromatic carbocycles. The Hall–Kier alpha value is -3.37. The lowest BCUT2D eigenvalue weighted by Crippen LogP contribution is -2.35. The smallest absolute Gasteiger partial charge is 0.307 e. The zero-order valence-corrected chi connectivity index (χ0v) is 18.5. The van der Waals surface area contributed by atoms with E-state index in [0.29, 0.717) is 5.92 Å². The molecule has 1 N–H and O–H groups in total. The van der Waals surface area contributed by atoms with Gasteiger partial charge in [-0.25, -0.2) is 4.68 Å². The summed E-state index contributed by atoms with van der Waals surface area (Å²) in [6.45, 7) is 5.23. The highest BCUT2D eigenvalue weighted by Crippen LogP contribution is 2.32. The second-order valence-corrected chi connectivity index (χ2v) is 9.04. The molecule has 3 unspecified atom stereocenters. The second kappa shape index (κ2) is 8.29. The van der Waals surface area contributed by atoms with E-state index in [1.807, 2.05) is 30.5 Å². The van der Waals surface area contributed by atoms with Crippen molar-refractivity contribution in [3.8, 4) is 0 Å². The van der Waals surface area contributed by atoms with Crippen molar-refractivity contribution in [3.63, 3.8) is 0 Å². The molecule has 5 rings (SSSR count). The van der Waals surface area contributed by atoms with Crippen LogP contribution in [0, 0.1) is 5.92 Å². The minimum atomic E-state index is -0.798. The average molecular weight is 429 g/mol. The molecule has 0 amide bonds. The Kier molecular flexibility index (Phi) is 5.32. The number of fused-ring (bicyclic) bond motifs is 3. The van der Waals surface area contributed by atoms with E-state index >= 15 is 0 Å². The Morgan fingerprint density at radius 1 is 1.34 bits per heavy atom. The lowest BCUT2D eigenvalue weighted by atomic mass is 9.89. The number of aliphatic carboxylic acids is 1. The van der Waals surface area contributed by atoms with E-state index in [2.05, 4.69) is 57.4 Å². The molecule has 3 aliphatic rings. The van der Waals surface area contributed by atoms with Gasteiger partial charge < -0.3 is 9.67 Å². The van der Waals surface area contributed by atoms with E-state index in [0.717, 1.165) is 53.3 Å². The van der Waals surface area contributed by atoms with Crippen molar-refractivity contribution in [1.82, 2.24) is 19.6 Å². The highest BCUT2D eigenvalue weighted by atomic mass is 16.4. The van der Waals surface area contributed by atoms with Gasteiger partial charge in [0.05, 0.1) is 24.4 Å². The van der Waals surface area contributed by atoms with Crippen LogP contribution in [-0.2, 0) is 24.2 Å². The third kappa shape index (κ3) is 3.61. The van der Waals surface area contributed by atoms with Gasteiger partial charge in [-0.05, 0) is 60.6 Å². The molecule has 6 nitrogen and oxygen atoms in total. The largest absolute Gasteiger partial charge is 0.481 e. The van der Waals surface area contributed by atoms with Crippen molar-refractivity contribution in [1.29, 1.82) is 0 Å². The van der Waals surface area contributed by atoms with Crippen LogP contribution in [0.3, 0.4) is 0 Å². The molecule has 1 aliphatic heterocycles. The molecular formula is C26H28N4O2. The lowest BCUT2D eigenvalue weighted by molar-refractivity contribution is -0.136. The maximum Gasteiger partial charge on any atom is 0.307 e. The van der Waals surface area contributed by atoms with Gasteiger partial charge >= 0.3 is 5.97 Å². The number of aromatic nitrogens is 4. The minimum absolute atomic E-state index is 0.0395. The highest BCUT2D eigenvalue weighted by Gasteiger charge is 2.29. The number of carboxylic acids is 1. The molecular weight excluding hydrogens is 400 g/mol. The van der Waals surface area contributed by atoms with Crippen molar-refractivity contribution < 1.29 is 9.90 Å². The summed E-state index contributed by atoms with van der Waals surface area (Å²) in [6, 6.07) is 0.177. The summed E-state index contributed by atoms with van der Waals surface area (Å²) >= 11 is 0. The summed E-state index contributed by atoms with van der Waals surface area (Å²) in [5.74, 6) is -0.0226. The summed E-state index contributed by atoms with van der Waals surface area (Å²) in [5.41, 5.74) is 7.61. The van der Waals surface area contributed by atoms with Gasteiger partial charge in [-0.2, -0.15) is 0 Å². The third-order valence-corrected chi connectivity index (χ3v) is 6.87. The average Bonchev–Trinajstić information content (AvgIpc) is 3.27. The number of nitrogens with zero attached hydrogens (tertiary/aromatic N) is 4. The van der Waals surface area contributed by atoms with Gasteiger partial charge in [0.2, 0.25) is 0 Å². The van der Waals surface area contributed by atoms with Gasteiger partial charge in [0.15, 0.2) is 0 Å². The maximum atomic E-state index is 11.6. The Balaban J connectivity index is 1.52. The topological polar surface area (TPSA) is 72.9 Å². The zero-order valence-electron chi connectivity index (χ0n) is 18.5. The van der Waals surface area contributed by atoms with Gasteiger partial charge in [-0.15, -0.1) is 10.8 Å². The second-order valence-electron chi connectivity index (χ2n) is 9.04. The van der Waals surface area contributed by atoms with Gasteiger partial charge in [-0.3, -0.25) is 4.79 Å². The van der Waals surface area contributed by atoms with Crippen molar-refractivity contribution in [2.45, 2.75) is 58.0 Å². The fourth-order valence-corrected chi connectivity index (χ4v) is 5.27. The summed E-state index contributed by atoms with van der Waals surface area (Å²) in [6.07, 6.45) is 19.4. The summed E-state index contributed by atoms with van der Waals surface area (Å²) in [4.78, 5) is 11.6. The van der Waals surface area contributed by atoms with Crippen LogP contribution < -0.4 is 10.6 Å². The molecule has 0 spiro atoms. The molecule has 0 saturated carbocycles. The molecule has 2 aromatic heterocycles. The molecule has 6 heteroatoms. The van der Waals surface area contributed by atoms with Crippen LogP contribution in [0.25, 0.3) is 12.2 Å². The first-order chi connectivity index (χ1) is 15.5. The van der Waals surface area contributed by atoms with E-state index in [1.165, 1.54) is 5.57 Å². The predicted octanol–water partition coefficient (Wildman–Crippen LogP) is 2.81. The number of carbonyl (C=O) groups is 1. The molecule has 2 aliphatic carbocycles. The number of allylic oxidation sites excluding steroid dienone is 5. The first kappa shape index (κ1) is 20.5. The highest BCUT2D eigenvalue weighted by molar-refractivity contribution is 5.71. The van der Waals surface area contributed by atoms with Crippen molar-refractivity contribution in [2.24, 2.45) is 5.92 Å². The zero-order chi connectivity index (χ0) is 22.2. The van der Waals surface area contributed by atoms with E-state index in [9.17, 15) is 9.90 Å². The van der Waals surface area contributed by atoms with Gasteiger partial charge in [-0.1, -0.05) is 37.3 Å². The normalized spacial score (nSPS) is 22.2. The Morgan fingerprint density at radius 3 is 3.00 bits per heavy atom. The molecule has 0 bridgehead atoms. The van der Waals surface area contributed by atoms with Crippen LogP contribution in [0.4, 0.5) is 0 Å². The lowest BCUT2D eigenvalue weighted by Gasteiger charge is -2.28. The van der Waals surface area contributed by atoms with E-state index in [1.54, 1.807) is 0 Å².